The summed E-state index contributed by atoms with van der Waals surface area (Å²) in [6, 6.07) is 7.70. The number of hydrogen-bond donors (Lipinski definition) is 1. The van der Waals surface area contributed by atoms with Gasteiger partial charge in [-0.2, -0.15) is 4.98 Å². The van der Waals surface area contributed by atoms with Crippen molar-refractivity contribution in [1.29, 1.82) is 0 Å². The largest absolute Gasteiger partial charge is 0.484 e. The number of nitrogens with two attached hydrogens (primary N) is 1. The minimum atomic E-state index is 0.0265. The van der Waals surface area contributed by atoms with Crippen molar-refractivity contribution in [3.63, 3.8) is 0 Å². The molecule has 0 aliphatic carbocycles. The van der Waals surface area contributed by atoms with E-state index < -0.39 is 0 Å². The smallest absolute Gasteiger partial charge is 0.264 e. The van der Waals surface area contributed by atoms with Crippen molar-refractivity contribution in [2.75, 3.05) is 0 Å². The predicted octanol–water partition coefficient (Wildman–Crippen LogP) is 2.79. The first-order valence-electron chi connectivity index (χ1n) is 6.37. The van der Waals surface area contributed by atoms with Gasteiger partial charge in [0.15, 0.2) is 12.4 Å². The van der Waals surface area contributed by atoms with Crippen molar-refractivity contribution in [3.05, 3.63) is 41.5 Å². The molecule has 0 aliphatic rings. The highest BCUT2D eigenvalue weighted by Gasteiger charge is 2.10. The summed E-state index contributed by atoms with van der Waals surface area (Å²) in [6.45, 7) is 6.25. The molecule has 1 atom stereocenters. The Hall–Kier alpha value is -1.88. The normalized spacial score (nSPS) is 12.7. The second-order valence-corrected chi connectivity index (χ2v) is 4.85. The summed E-state index contributed by atoms with van der Waals surface area (Å²) in [5.74, 6) is 2.20. The zero-order chi connectivity index (χ0) is 13.8. The molecule has 1 aromatic heterocycles. The molecule has 0 bridgehead atoms. The van der Waals surface area contributed by atoms with Crippen LogP contribution in [0.1, 0.15) is 50.0 Å². The third-order valence-corrected chi connectivity index (χ3v) is 2.77. The Bertz CT molecular complexity index is 518. The van der Waals surface area contributed by atoms with Gasteiger partial charge in [0, 0.05) is 12.0 Å². The lowest BCUT2D eigenvalue weighted by Gasteiger charge is -2.07. The minimum absolute atomic E-state index is 0.0265. The molecule has 1 heterocycles. The Morgan fingerprint density at radius 1 is 1.21 bits per heavy atom. The number of hydrogen-bond acceptors (Lipinski definition) is 5. The SMILES string of the molecule is CC(C)c1noc(COc2ccc(C(C)N)cc2)n1. The molecule has 0 saturated heterocycles. The van der Waals surface area contributed by atoms with E-state index in [1.54, 1.807) is 0 Å². The first kappa shape index (κ1) is 13.5. The quantitative estimate of drug-likeness (QED) is 0.895. The molecule has 2 N–H and O–H groups in total. The van der Waals surface area contributed by atoms with Gasteiger partial charge in [0.2, 0.25) is 0 Å². The van der Waals surface area contributed by atoms with Crippen LogP contribution in [-0.4, -0.2) is 10.1 Å². The van der Waals surface area contributed by atoms with Crippen molar-refractivity contribution in [3.8, 4) is 5.75 Å². The van der Waals surface area contributed by atoms with Gasteiger partial charge in [-0.3, -0.25) is 0 Å². The maximum Gasteiger partial charge on any atom is 0.264 e. The lowest BCUT2D eigenvalue weighted by atomic mass is 10.1. The van der Waals surface area contributed by atoms with Crippen molar-refractivity contribution in [1.82, 2.24) is 10.1 Å². The Kier molecular flexibility index (Phi) is 4.16. The van der Waals surface area contributed by atoms with E-state index in [2.05, 4.69) is 10.1 Å². The Labute approximate surface area is 112 Å². The Morgan fingerprint density at radius 2 is 1.89 bits per heavy atom. The van der Waals surface area contributed by atoms with Crippen LogP contribution in [0.3, 0.4) is 0 Å². The van der Waals surface area contributed by atoms with E-state index in [0.717, 1.165) is 11.3 Å². The van der Waals surface area contributed by atoms with Gasteiger partial charge < -0.3 is 15.0 Å². The molecular formula is C14H19N3O2. The molecule has 2 aromatic rings. The van der Waals surface area contributed by atoms with Crippen LogP contribution in [0.2, 0.25) is 0 Å². The third-order valence-electron chi connectivity index (χ3n) is 2.77. The molecule has 5 nitrogen and oxygen atoms in total. The number of nitrogens with zero attached hydrogens (tertiary/aromatic N) is 2. The zero-order valence-electron chi connectivity index (χ0n) is 11.5. The molecule has 0 aliphatic heterocycles. The fraction of sp³-hybridized carbons (Fsp3) is 0.429. The fourth-order valence-corrected chi connectivity index (χ4v) is 1.57. The number of rotatable bonds is 5. The van der Waals surface area contributed by atoms with Crippen LogP contribution in [0, 0.1) is 0 Å². The van der Waals surface area contributed by atoms with Crippen LogP contribution in [0.25, 0.3) is 0 Å². The van der Waals surface area contributed by atoms with Crippen LogP contribution < -0.4 is 10.5 Å². The van der Waals surface area contributed by atoms with Crippen LogP contribution in [0.5, 0.6) is 5.75 Å². The van der Waals surface area contributed by atoms with Gasteiger partial charge in [-0.1, -0.05) is 31.1 Å². The molecule has 2 rings (SSSR count). The lowest BCUT2D eigenvalue weighted by Crippen LogP contribution is -2.04. The van der Waals surface area contributed by atoms with Gasteiger partial charge in [0.05, 0.1) is 0 Å². The second kappa shape index (κ2) is 5.84. The van der Waals surface area contributed by atoms with Gasteiger partial charge in [0.1, 0.15) is 5.75 Å². The molecule has 102 valence electrons. The highest BCUT2D eigenvalue weighted by Crippen LogP contribution is 2.17. The van der Waals surface area contributed by atoms with Crippen molar-refractivity contribution >= 4 is 0 Å². The van der Waals surface area contributed by atoms with Crippen LogP contribution in [-0.2, 0) is 6.61 Å². The van der Waals surface area contributed by atoms with Gasteiger partial charge in [-0.25, -0.2) is 0 Å². The molecule has 0 fully saturated rings. The molecule has 1 aromatic carbocycles. The zero-order valence-corrected chi connectivity index (χ0v) is 11.5. The monoisotopic (exact) mass is 261 g/mol. The molecule has 0 spiro atoms. The maximum absolute atomic E-state index is 5.79. The van der Waals surface area contributed by atoms with E-state index in [9.17, 15) is 0 Å². The summed E-state index contributed by atoms with van der Waals surface area (Å²) in [6.07, 6.45) is 0. The van der Waals surface area contributed by atoms with Gasteiger partial charge >= 0.3 is 0 Å². The summed E-state index contributed by atoms with van der Waals surface area (Å²) in [5.41, 5.74) is 6.86. The maximum atomic E-state index is 5.79. The lowest BCUT2D eigenvalue weighted by molar-refractivity contribution is 0.242. The second-order valence-electron chi connectivity index (χ2n) is 4.85. The molecule has 19 heavy (non-hydrogen) atoms. The van der Waals surface area contributed by atoms with Gasteiger partial charge in [-0.15, -0.1) is 0 Å². The highest BCUT2D eigenvalue weighted by molar-refractivity contribution is 5.28. The van der Waals surface area contributed by atoms with E-state index in [1.807, 2.05) is 45.0 Å². The first-order valence-corrected chi connectivity index (χ1v) is 6.37. The van der Waals surface area contributed by atoms with E-state index in [1.165, 1.54) is 0 Å². The fourth-order valence-electron chi connectivity index (χ4n) is 1.57. The summed E-state index contributed by atoms with van der Waals surface area (Å²) < 4.78 is 10.7. The number of ether oxygens (including phenoxy) is 1. The van der Waals surface area contributed by atoms with Crippen LogP contribution in [0.4, 0.5) is 0 Å². The van der Waals surface area contributed by atoms with Crippen LogP contribution >= 0.6 is 0 Å². The van der Waals surface area contributed by atoms with E-state index in [-0.39, 0.29) is 18.6 Å². The van der Waals surface area contributed by atoms with Crippen molar-refractivity contribution in [2.45, 2.75) is 39.3 Å². The summed E-state index contributed by atoms with van der Waals surface area (Å²) in [7, 11) is 0. The molecular weight excluding hydrogens is 242 g/mol. The summed E-state index contributed by atoms with van der Waals surface area (Å²) >= 11 is 0. The van der Waals surface area contributed by atoms with Crippen molar-refractivity contribution < 1.29 is 9.26 Å². The molecule has 0 radical (unpaired) electrons. The molecule has 0 amide bonds. The average Bonchev–Trinajstić information content (AvgIpc) is 2.86. The minimum Gasteiger partial charge on any atom is -0.484 e. The molecule has 0 saturated carbocycles. The third kappa shape index (κ3) is 3.54. The highest BCUT2D eigenvalue weighted by atomic mass is 16.5. The predicted molar refractivity (Wildman–Crippen MR) is 71.8 cm³/mol. The van der Waals surface area contributed by atoms with Gasteiger partial charge in [0.25, 0.3) is 5.89 Å². The topological polar surface area (TPSA) is 74.2 Å². The Morgan fingerprint density at radius 3 is 2.42 bits per heavy atom. The standard InChI is InChI=1S/C14H19N3O2/c1-9(2)14-16-13(19-17-14)8-18-12-6-4-11(5-7-12)10(3)15/h4-7,9-10H,8,15H2,1-3H3. The molecule has 1 unspecified atom stereocenters. The summed E-state index contributed by atoms with van der Waals surface area (Å²) in [5, 5.41) is 3.88. The van der Waals surface area contributed by atoms with Gasteiger partial charge in [-0.05, 0) is 24.6 Å². The first-order chi connectivity index (χ1) is 9.06. The summed E-state index contributed by atoms with van der Waals surface area (Å²) in [4.78, 5) is 4.25. The Balaban J connectivity index is 1.94. The van der Waals surface area contributed by atoms with Crippen molar-refractivity contribution in [2.24, 2.45) is 5.73 Å². The van der Waals surface area contributed by atoms with E-state index in [4.69, 9.17) is 15.0 Å². The average molecular weight is 261 g/mol. The van der Waals surface area contributed by atoms with Crippen LogP contribution in [0.15, 0.2) is 28.8 Å². The van der Waals surface area contributed by atoms with E-state index in [0.29, 0.717) is 11.7 Å². The molecule has 5 heteroatoms. The number of aromatic nitrogens is 2. The number of benzene rings is 1. The van der Waals surface area contributed by atoms with E-state index >= 15 is 0 Å².